The predicted molar refractivity (Wildman–Crippen MR) is 67.3 cm³/mol. The molecule has 1 atom stereocenters. The predicted octanol–water partition coefficient (Wildman–Crippen LogP) is 1.78. The standard InChI is InChI=1S/C13H22N2O3/c1-10-5-8-14(9-6-10)13(18)15-7-3-2-4-11(15)12(16)17/h10-11H,2-9H2,1H3,(H,16,17)/t11-/m1/s1. The first-order chi connectivity index (χ1) is 8.59. The highest BCUT2D eigenvalue weighted by atomic mass is 16.4. The molecule has 0 unspecified atom stereocenters. The molecule has 2 aliphatic heterocycles. The van der Waals surface area contributed by atoms with Gasteiger partial charge in [0, 0.05) is 19.6 Å². The van der Waals surface area contributed by atoms with Crippen LogP contribution in [0.25, 0.3) is 0 Å². The second kappa shape index (κ2) is 5.59. The highest BCUT2D eigenvalue weighted by Crippen LogP contribution is 2.22. The molecule has 2 saturated heterocycles. The summed E-state index contributed by atoms with van der Waals surface area (Å²) in [6.45, 7) is 4.32. The topological polar surface area (TPSA) is 60.9 Å². The van der Waals surface area contributed by atoms with Crippen molar-refractivity contribution in [2.75, 3.05) is 19.6 Å². The zero-order valence-electron chi connectivity index (χ0n) is 11.0. The average molecular weight is 254 g/mol. The summed E-state index contributed by atoms with van der Waals surface area (Å²) in [4.78, 5) is 26.9. The molecule has 2 fully saturated rings. The number of likely N-dealkylation sites (tertiary alicyclic amines) is 2. The third-order valence-electron chi connectivity index (χ3n) is 4.09. The van der Waals surface area contributed by atoms with Gasteiger partial charge < -0.3 is 14.9 Å². The van der Waals surface area contributed by atoms with E-state index in [4.69, 9.17) is 0 Å². The van der Waals surface area contributed by atoms with Crippen LogP contribution in [0.3, 0.4) is 0 Å². The summed E-state index contributed by atoms with van der Waals surface area (Å²) < 4.78 is 0. The Hall–Kier alpha value is -1.26. The Bertz CT molecular complexity index is 324. The molecule has 102 valence electrons. The molecular weight excluding hydrogens is 232 g/mol. The van der Waals surface area contributed by atoms with Gasteiger partial charge in [0.15, 0.2) is 0 Å². The fourth-order valence-electron chi connectivity index (χ4n) is 2.80. The fraction of sp³-hybridized carbons (Fsp3) is 0.846. The Morgan fingerprint density at radius 3 is 2.33 bits per heavy atom. The second-order valence-electron chi connectivity index (χ2n) is 5.50. The smallest absolute Gasteiger partial charge is 0.326 e. The minimum absolute atomic E-state index is 0.0750. The molecule has 0 aliphatic carbocycles. The van der Waals surface area contributed by atoms with E-state index in [9.17, 15) is 14.7 Å². The highest BCUT2D eigenvalue weighted by molar-refractivity contribution is 5.83. The van der Waals surface area contributed by atoms with Crippen molar-refractivity contribution in [2.24, 2.45) is 5.92 Å². The first-order valence-corrected chi connectivity index (χ1v) is 6.88. The van der Waals surface area contributed by atoms with Crippen LogP contribution in [0.4, 0.5) is 4.79 Å². The molecule has 0 aromatic carbocycles. The minimum Gasteiger partial charge on any atom is -0.480 e. The normalized spacial score (nSPS) is 26.2. The van der Waals surface area contributed by atoms with E-state index < -0.39 is 12.0 Å². The molecule has 2 rings (SSSR count). The monoisotopic (exact) mass is 254 g/mol. The van der Waals surface area contributed by atoms with Crippen molar-refractivity contribution in [3.05, 3.63) is 0 Å². The number of hydrogen-bond donors (Lipinski definition) is 1. The molecule has 0 aromatic heterocycles. The number of urea groups is 1. The number of carboxylic acids is 1. The molecule has 1 N–H and O–H groups in total. The number of aliphatic carboxylic acids is 1. The zero-order chi connectivity index (χ0) is 13.1. The Labute approximate surface area is 108 Å². The molecule has 2 aliphatic rings. The van der Waals surface area contributed by atoms with Crippen LogP contribution in [0.15, 0.2) is 0 Å². The quantitative estimate of drug-likeness (QED) is 0.776. The summed E-state index contributed by atoms with van der Waals surface area (Å²) in [5.41, 5.74) is 0. The van der Waals surface area contributed by atoms with Crippen molar-refractivity contribution >= 4 is 12.0 Å². The van der Waals surface area contributed by atoms with Crippen molar-refractivity contribution in [3.63, 3.8) is 0 Å². The third-order valence-corrected chi connectivity index (χ3v) is 4.09. The Balaban J connectivity index is 2.00. The molecule has 0 spiro atoms. The maximum Gasteiger partial charge on any atom is 0.326 e. The first kappa shape index (κ1) is 13.2. The van der Waals surface area contributed by atoms with Crippen LogP contribution in [0, 0.1) is 5.92 Å². The molecular formula is C13H22N2O3. The summed E-state index contributed by atoms with van der Waals surface area (Å²) in [6, 6.07) is -0.695. The first-order valence-electron chi connectivity index (χ1n) is 6.88. The van der Waals surface area contributed by atoms with Crippen molar-refractivity contribution < 1.29 is 14.7 Å². The molecule has 5 nitrogen and oxygen atoms in total. The summed E-state index contributed by atoms with van der Waals surface area (Å²) >= 11 is 0. The number of piperidine rings is 2. The molecule has 0 bridgehead atoms. The van der Waals surface area contributed by atoms with Gasteiger partial charge in [-0.15, -0.1) is 0 Å². The van der Waals surface area contributed by atoms with E-state index in [0.717, 1.165) is 38.8 Å². The van der Waals surface area contributed by atoms with E-state index in [1.165, 1.54) is 0 Å². The number of nitrogens with zero attached hydrogens (tertiary/aromatic N) is 2. The Kier molecular flexibility index (Phi) is 4.09. The summed E-state index contributed by atoms with van der Waals surface area (Å²) in [5, 5.41) is 9.19. The van der Waals surface area contributed by atoms with Crippen LogP contribution in [0.5, 0.6) is 0 Å². The van der Waals surface area contributed by atoms with Gasteiger partial charge in [-0.25, -0.2) is 9.59 Å². The van der Waals surface area contributed by atoms with Gasteiger partial charge in [-0.2, -0.15) is 0 Å². The third kappa shape index (κ3) is 2.76. The summed E-state index contributed by atoms with van der Waals surface area (Å²) in [7, 11) is 0. The largest absolute Gasteiger partial charge is 0.480 e. The van der Waals surface area contributed by atoms with Crippen LogP contribution in [-0.4, -0.2) is 52.6 Å². The SMILES string of the molecule is CC1CCN(C(=O)N2CCCC[C@@H]2C(=O)O)CC1. The maximum absolute atomic E-state index is 12.4. The lowest BCUT2D eigenvalue weighted by molar-refractivity contribution is -0.143. The molecule has 0 radical (unpaired) electrons. The average Bonchev–Trinajstić information content (AvgIpc) is 2.39. The lowest BCUT2D eigenvalue weighted by Crippen LogP contribution is -2.54. The highest BCUT2D eigenvalue weighted by Gasteiger charge is 2.35. The van der Waals surface area contributed by atoms with Crippen LogP contribution >= 0.6 is 0 Å². The molecule has 2 heterocycles. The van der Waals surface area contributed by atoms with Gasteiger partial charge in [0.1, 0.15) is 6.04 Å². The van der Waals surface area contributed by atoms with Gasteiger partial charge in [-0.05, 0) is 38.0 Å². The molecule has 0 saturated carbocycles. The second-order valence-corrected chi connectivity index (χ2v) is 5.50. The molecule has 2 amide bonds. The van der Waals surface area contributed by atoms with Crippen LogP contribution in [0.1, 0.15) is 39.0 Å². The Morgan fingerprint density at radius 2 is 1.72 bits per heavy atom. The van der Waals surface area contributed by atoms with Crippen LogP contribution in [-0.2, 0) is 4.79 Å². The molecule has 18 heavy (non-hydrogen) atoms. The number of carboxylic acid groups (broad SMARTS) is 1. The lowest BCUT2D eigenvalue weighted by Gasteiger charge is -2.39. The lowest BCUT2D eigenvalue weighted by atomic mass is 9.99. The van der Waals surface area contributed by atoms with Crippen molar-refractivity contribution in [1.82, 2.24) is 9.80 Å². The van der Waals surface area contributed by atoms with E-state index in [0.29, 0.717) is 18.9 Å². The van der Waals surface area contributed by atoms with E-state index in [1.807, 2.05) is 4.90 Å². The van der Waals surface area contributed by atoms with Crippen molar-refractivity contribution in [2.45, 2.75) is 45.1 Å². The van der Waals surface area contributed by atoms with Crippen LogP contribution < -0.4 is 0 Å². The van der Waals surface area contributed by atoms with E-state index in [-0.39, 0.29) is 6.03 Å². The summed E-state index contributed by atoms with van der Waals surface area (Å²) in [5.74, 6) is -0.195. The zero-order valence-corrected chi connectivity index (χ0v) is 11.0. The maximum atomic E-state index is 12.4. The van der Waals surface area contributed by atoms with E-state index in [2.05, 4.69) is 6.92 Å². The molecule has 0 aromatic rings. The van der Waals surface area contributed by atoms with Gasteiger partial charge >= 0.3 is 12.0 Å². The minimum atomic E-state index is -0.867. The fourth-order valence-corrected chi connectivity index (χ4v) is 2.80. The molecule has 5 heteroatoms. The van der Waals surface area contributed by atoms with Gasteiger partial charge in [0.2, 0.25) is 0 Å². The van der Waals surface area contributed by atoms with Crippen molar-refractivity contribution in [1.29, 1.82) is 0 Å². The number of carbonyl (C=O) groups is 2. The number of carbonyl (C=O) groups excluding carboxylic acids is 1. The van der Waals surface area contributed by atoms with Crippen LogP contribution in [0.2, 0.25) is 0 Å². The van der Waals surface area contributed by atoms with E-state index in [1.54, 1.807) is 4.90 Å². The van der Waals surface area contributed by atoms with Gasteiger partial charge in [0.25, 0.3) is 0 Å². The summed E-state index contributed by atoms with van der Waals surface area (Å²) in [6.07, 6.45) is 4.46. The van der Waals surface area contributed by atoms with Gasteiger partial charge in [0.05, 0.1) is 0 Å². The van der Waals surface area contributed by atoms with Crippen molar-refractivity contribution in [3.8, 4) is 0 Å². The number of amides is 2. The number of rotatable bonds is 1. The van der Waals surface area contributed by atoms with Gasteiger partial charge in [-0.3, -0.25) is 0 Å². The van der Waals surface area contributed by atoms with E-state index >= 15 is 0 Å². The van der Waals surface area contributed by atoms with Gasteiger partial charge in [-0.1, -0.05) is 6.92 Å². The Morgan fingerprint density at radius 1 is 1.06 bits per heavy atom. The number of hydrogen-bond acceptors (Lipinski definition) is 2.